The molecular formula is C14H21N7O2S. The Labute approximate surface area is 141 Å². The first-order chi connectivity index (χ1) is 11.5. The standard InChI is InChI=1S/C14H21N7O2S/c1-3-24(22,23)21-7-5-11(10-21)17-13-4-6-15-14(19-13)18-12-8-16-20(2)9-12/h4,6,8-9,11H,3,5,7,10H2,1-2H3,(H2,15,17,18,19)/t11-/m0/s1. The Hall–Kier alpha value is -2.20. The molecule has 0 spiro atoms. The highest BCUT2D eigenvalue weighted by Crippen LogP contribution is 2.19. The number of rotatable bonds is 6. The third-order valence-electron chi connectivity index (χ3n) is 3.88. The van der Waals surface area contributed by atoms with Crippen molar-refractivity contribution in [3.8, 4) is 0 Å². The maximum atomic E-state index is 11.9. The fraction of sp³-hybridized carbons (Fsp3) is 0.500. The van der Waals surface area contributed by atoms with Gasteiger partial charge in [-0.1, -0.05) is 0 Å². The van der Waals surface area contributed by atoms with Crippen molar-refractivity contribution in [3.05, 3.63) is 24.7 Å². The molecule has 1 aliphatic heterocycles. The van der Waals surface area contributed by atoms with Gasteiger partial charge in [0.05, 0.1) is 17.6 Å². The van der Waals surface area contributed by atoms with Crippen LogP contribution in [-0.4, -0.2) is 57.4 Å². The van der Waals surface area contributed by atoms with Crippen molar-refractivity contribution in [1.29, 1.82) is 0 Å². The number of hydrogen-bond acceptors (Lipinski definition) is 7. The van der Waals surface area contributed by atoms with E-state index in [4.69, 9.17) is 0 Å². The van der Waals surface area contributed by atoms with Gasteiger partial charge < -0.3 is 10.6 Å². The number of sulfonamides is 1. The van der Waals surface area contributed by atoms with E-state index >= 15 is 0 Å². The molecule has 0 bridgehead atoms. The first kappa shape index (κ1) is 16.7. The summed E-state index contributed by atoms with van der Waals surface area (Å²) in [6.07, 6.45) is 5.93. The third-order valence-corrected chi connectivity index (χ3v) is 5.73. The first-order valence-corrected chi connectivity index (χ1v) is 9.40. The van der Waals surface area contributed by atoms with Crippen LogP contribution >= 0.6 is 0 Å². The summed E-state index contributed by atoms with van der Waals surface area (Å²) in [6.45, 7) is 2.67. The van der Waals surface area contributed by atoms with Crippen molar-refractivity contribution in [3.63, 3.8) is 0 Å². The fourth-order valence-electron chi connectivity index (χ4n) is 2.60. The molecule has 24 heavy (non-hydrogen) atoms. The second kappa shape index (κ2) is 6.73. The summed E-state index contributed by atoms with van der Waals surface area (Å²) < 4.78 is 27.0. The lowest BCUT2D eigenvalue weighted by atomic mass is 10.2. The van der Waals surface area contributed by atoms with Gasteiger partial charge in [-0.3, -0.25) is 4.68 Å². The molecule has 3 rings (SSSR count). The zero-order chi connectivity index (χ0) is 17.2. The Balaban J connectivity index is 1.63. The Kier molecular flexibility index (Phi) is 4.67. The molecule has 130 valence electrons. The number of nitrogens with one attached hydrogen (secondary N) is 2. The zero-order valence-corrected chi connectivity index (χ0v) is 14.5. The topological polar surface area (TPSA) is 105 Å². The van der Waals surface area contributed by atoms with Gasteiger partial charge in [0.25, 0.3) is 0 Å². The number of hydrogen-bond donors (Lipinski definition) is 2. The lowest BCUT2D eigenvalue weighted by Gasteiger charge is -2.16. The van der Waals surface area contributed by atoms with Crippen molar-refractivity contribution in [2.75, 3.05) is 29.5 Å². The average Bonchev–Trinajstić information content (AvgIpc) is 3.17. The third kappa shape index (κ3) is 3.82. The molecule has 0 saturated carbocycles. The summed E-state index contributed by atoms with van der Waals surface area (Å²) in [7, 11) is -1.30. The van der Waals surface area contributed by atoms with Crippen LogP contribution in [0.5, 0.6) is 0 Å². The summed E-state index contributed by atoms with van der Waals surface area (Å²) in [4.78, 5) is 8.59. The predicted molar refractivity (Wildman–Crippen MR) is 91.6 cm³/mol. The monoisotopic (exact) mass is 351 g/mol. The number of anilines is 3. The minimum absolute atomic E-state index is 0.0486. The van der Waals surface area contributed by atoms with Crippen LogP contribution in [0.25, 0.3) is 0 Å². The molecule has 0 aliphatic carbocycles. The minimum atomic E-state index is -3.13. The Morgan fingerprint density at radius 2 is 2.25 bits per heavy atom. The van der Waals surface area contributed by atoms with Crippen molar-refractivity contribution < 1.29 is 8.42 Å². The van der Waals surface area contributed by atoms with E-state index in [1.807, 2.05) is 13.2 Å². The molecule has 9 nitrogen and oxygen atoms in total. The van der Waals surface area contributed by atoms with Gasteiger partial charge in [0.1, 0.15) is 5.82 Å². The van der Waals surface area contributed by atoms with E-state index in [9.17, 15) is 8.42 Å². The minimum Gasteiger partial charge on any atom is -0.366 e. The molecule has 0 radical (unpaired) electrons. The summed E-state index contributed by atoms with van der Waals surface area (Å²) in [6, 6.07) is 1.82. The SMILES string of the molecule is CCS(=O)(=O)N1CC[C@H](Nc2ccnc(Nc3cnn(C)c3)n2)C1. The first-order valence-electron chi connectivity index (χ1n) is 7.79. The zero-order valence-electron chi connectivity index (χ0n) is 13.7. The molecule has 2 N–H and O–H groups in total. The van der Waals surface area contributed by atoms with Crippen molar-refractivity contribution >= 4 is 27.5 Å². The van der Waals surface area contributed by atoms with E-state index in [1.54, 1.807) is 30.1 Å². The normalized spacial score (nSPS) is 18.7. The number of aromatic nitrogens is 4. The molecule has 0 amide bonds. The average molecular weight is 351 g/mol. The number of aryl methyl sites for hydroxylation is 1. The summed E-state index contributed by atoms with van der Waals surface area (Å²) in [5.41, 5.74) is 0.802. The van der Waals surface area contributed by atoms with Gasteiger partial charge in [-0.2, -0.15) is 14.4 Å². The molecule has 10 heteroatoms. The van der Waals surface area contributed by atoms with Gasteiger partial charge in [-0.25, -0.2) is 13.4 Å². The maximum Gasteiger partial charge on any atom is 0.229 e. The Morgan fingerprint density at radius 1 is 1.42 bits per heavy atom. The van der Waals surface area contributed by atoms with Gasteiger partial charge in [0.2, 0.25) is 16.0 Å². The molecule has 2 aromatic heterocycles. The lowest BCUT2D eigenvalue weighted by Crippen LogP contribution is -2.32. The van der Waals surface area contributed by atoms with Gasteiger partial charge in [-0.15, -0.1) is 0 Å². The molecule has 2 aromatic rings. The molecule has 1 aliphatic rings. The highest BCUT2D eigenvalue weighted by molar-refractivity contribution is 7.89. The van der Waals surface area contributed by atoms with Gasteiger partial charge in [0.15, 0.2) is 0 Å². The maximum absolute atomic E-state index is 11.9. The molecule has 1 saturated heterocycles. The van der Waals surface area contributed by atoms with E-state index < -0.39 is 10.0 Å². The molecule has 0 unspecified atom stereocenters. The van der Waals surface area contributed by atoms with Crippen LogP contribution in [0.1, 0.15) is 13.3 Å². The molecule has 1 atom stereocenters. The van der Waals surface area contributed by atoms with Crippen LogP contribution in [0.4, 0.5) is 17.5 Å². The van der Waals surface area contributed by atoms with Crippen LogP contribution in [0.3, 0.4) is 0 Å². The molecular weight excluding hydrogens is 330 g/mol. The van der Waals surface area contributed by atoms with Gasteiger partial charge in [-0.05, 0) is 19.4 Å². The highest BCUT2D eigenvalue weighted by Gasteiger charge is 2.30. The second-order valence-corrected chi connectivity index (χ2v) is 7.94. The smallest absolute Gasteiger partial charge is 0.229 e. The Morgan fingerprint density at radius 3 is 2.96 bits per heavy atom. The van der Waals surface area contributed by atoms with Crippen molar-refractivity contribution in [2.45, 2.75) is 19.4 Å². The van der Waals surface area contributed by atoms with Crippen LogP contribution in [-0.2, 0) is 17.1 Å². The fourth-order valence-corrected chi connectivity index (χ4v) is 3.76. The van der Waals surface area contributed by atoms with E-state index in [0.717, 1.165) is 12.1 Å². The summed E-state index contributed by atoms with van der Waals surface area (Å²) in [5.74, 6) is 1.26. The van der Waals surface area contributed by atoms with Crippen molar-refractivity contribution in [1.82, 2.24) is 24.1 Å². The largest absolute Gasteiger partial charge is 0.366 e. The van der Waals surface area contributed by atoms with Gasteiger partial charge in [0, 0.05) is 38.6 Å². The van der Waals surface area contributed by atoms with Crippen molar-refractivity contribution in [2.24, 2.45) is 7.05 Å². The van der Waals surface area contributed by atoms with E-state index in [1.165, 1.54) is 4.31 Å². The summed E-state index contributed by atoms with van der Waals surface area (Å²) >= 11 is 0. The number of nitrogens with zero attached hydrogens (tertiary/aromatic N) is 5. The van der Waals surface area contributed by atoms with E-state index in [2.05, 4.69) is 25.7 Å². The van der Waals surface area contributed by atoms with Crippen LogP contribution in [0.2, 0.25) is 0 Å². The quantitative estimate of drug-likeness (QED) is 0.792. The van der Waals surface area contributed by atoms with Crippen LogP contribution < -0.4 is 10.6 Å². The highest BCUT2D eigenvalue weighted by atomic mass is 32.2. The predicted octanol–water partition coefficient (Wildman–Crippen LogP) is 0.790. The molecule has 3 heterocycles. The molecule has 1 fully saturated rings. The van der Waals surface area contributed by atoms with E-state index in [0.29, 0.717) is 24.9 Å². The van der Waals surface area contributed by atoms with Crippen LogP contribution in [0, 0.1) is 0 Å². The lowest BCUT2D eigenvalue weighted by molar-refractivity contribution is 0.475. The van der Waals surface area contributed by atoms with Crippen LogP contribution in [0.15, 0.2) is 24.7 Å². The van der Waals surface area contributed by atoms with E-state index in [-0.39, 0.29) is 11.8 Å². The molecule has 0 aromatic carbocycles. The second-order valence-electron chi connectivity index (χ2n) is 5.68. The van der Waals surface area contributed by atoms with Gasteiger partial charge >= 0.3 is 0 Å². The summed E-state index contributed by atoms with van der Waals surface area (Å²) in [5, 5.41) is 10.4. The Bertz CT molecular complexity index is 805.